The normalized spacial score (nSPS) is 17.8. The van der Waals surface area contributed by atoms with Crippen LogP contribution in [0.25, 0.3) is 5.82 Å². The highest BCUT2D eigenvalue weighted by Gasteiger charge is 2.25. The molecule has 0 unspecified atom stereocenters. The number of anilines is 1. The third-order valence-electron chi connectivity index (χ3n) is 5.54. The molecule has 2 aliphatic rings. The van der Waals surface area contributed by atoms with Crippen molar-refractivity contribution < 1.29 is 0 Å². The van der Waals surface area contributed by atoms with Crippen LogP contribution in [0.5, 0.6) is 0 Å². The minimum absolute atomic E-state index is 0.0923. The van der Waals surface area contributed by atoms with E-state index in [2.05, 4.69) is 30.0 Å². The second kappa shape index (κ2) is 7.14. The molecule has 0 spiro atoms. The van der Waals surface area contributed by atoms with Crippen molar-refractivity contribution in [2.24, 2.45) is 5.92 Å². The van der Waals surface area contributed by atoms with Crippen LogP contribution in [0.2, 0.25) is 0 Å². The molecule has 3 aromatic heterocycles. The molecule has 1 aliphatic heterocycles. The summed E-state index contributed by atoms with van der Waals surface area (Å²) in [6.45, 7) is 2.40. The van der Waals surface area contributed by atoms with E-state index < -0.39 is 0 Å². The summed E-state index contributed by atoms with van der Waals surface area (Å²) in [7, 11) is 0. The molecule has 0 amide bonds. The van der Waals surface area contributed by atoms with Crippen molar-refractivity contribution in [2.75, 3.05) is 18.0 Å². The molecule has 4 heterocycles. The zero-order valence-corrected chi connectivity index (χ0v) is 15.6. The zero-order chi connectivity index (χ0) is 18.9. The maximum atomic E-state index is 12.2. The molecule has 0 radical (unpaired) electrons. The Kier molecular flexibility index (Phi) is 4.34. The van der Waals surface area contributed by atoms with Crippen LogP contribution in [-0.2, 0) is 6.54 Å². The zero-order valence-electron chi connectivity index (χ0n) is 15.6. The van der Waals surface area contributed by atoms with Crippen molar-refractivity contribution in [1.29, 1.82) is 0 Å². The maximum absolute atomic E-state index is 12.2. The summed E-state index contributed by atoms with van der Waals surface area (Å²) in [4.78, 5) is 27.5. The molecule has 0 bridgehead atoms. The Morgan fingerprint density at radius 2 is 1.82 bits per heavy atom. The number of hydrogen-bond donors (Lipinski definition) is 0. The average molecular weight is 378 g/mol. The predicted octanol–water partition coefficient (Wildman–Crippen LogP) is 1.41. The van der Waals surface area contributed by atoms with Gasteiger partial charge in [-0.15, -0.1) is 5.10 Å². The van der Waals surface area contributed by atoms with Gasteiger partial charge in [-0.1, -0.05) is 0 Å². The molecule has 1 aliphatic carbocycles. The fourth-order valence-electron chi connectivity index (χ4n) is 3.70. The van der Waals surface area contributed by atoms with Crippen molar-refractivity contribution in [2.45, 2.75) is 38.1 Å². The number of nitrogens with zero attached hydrogens (tertiary/aromatic N) is 8. The first kappa shape index (κ1) is 17.0. The van der Waals surface area contributed by atoms with Gasteiger partial charge in [0.2, 0.25) is 5.95 Å². The highest BCUT2D eigenvalue weighted by atomic mass is 16.1. The van der Waals surface area contributed by atoms with Crippen LogP contribution >= 0.6 is 0 Å². The Bertz CT molecular complexity index is 986. The lowest BCUT2D eigenvalue weighted by Crippen LogP contribution is -2.37. The van der Waals surface area contributed by atoms with E-state index in [1.165, 1.54) is 35.5 Å². The van der Waals surface area contributed by atoms with Gasteiger partial charge in [0.15, 0.2) is 5.82 Å². The SMILES string of the molecule is O=c1ccc(-n2cncn2)nn1CC1CCN(c2ncc(C3CC3)cn2)CC1. The molecule has 0 atom stereocenters. The first-order valence-electron chi connectivity index (χ1n) is 9.76. The number of hydrogen-bond acceptors (Lipinski definition) is 7. The van der Waals surface area contributed by atoms with E-state index in [9.17, 15) is 4.79 Å². The summed E-state index contributed by atoms with van der Waals surface area (Å²) in [5.74, 6) is 2.49. The first-order chi connectivity index (χ1) is 13.8. The van der Waals surface area contributed by atoms with E-state index >= 15 is 0 Å². The lowest BCUT2D eigenvalue weighted by molar-refractivity contribution is 0.333. The minimum atomic E-state index is -0.0923. The summed E-state index contributed by atoms with van der Waals surface area (Å²) in [5, 5.41) is 8.52. The standard InChI is InChI=1S/C19H22N8O/c28-18-4-3-17(27-13-20-12-23-27)24-26(18)11-14-5-7-25(8-6-14)19-21-9-16(10-22-19)15-1-2-15/h3-4,9-10,12-15H,1-2,5-8,11H2. The molecule has 9 heteroatoms. The predicted molar refractivity (Wildman–Crippen MR) is 102 cm³/mol. The van der Waals surface area contributed by atoms with Gasteiger partial charge in [-0.3, -0.25) is 4.79 Å². The van der Waals surface area contributed by atoms with Crippen LogP contribution < -0.4 is 10.5 Å². The Balaban J connectivity index is 1.22. The fourth-order valence-corrected chi connectivity index (χ4v) is 3.70. The van der Waals surface area contributed by atoms with Crippen molar-refractivity contribution in [3.05, 3.63) is 53.1 Å². The number of rotatable bonds is 5. The fraction of sp³-hybridized carbons (Fsp3) is 0.474. The molecular formula is C19H22N8O. The molecule has 0 aromatic carbocycles. The lowest BCUT2D eigenvalue weighted by Gasteiger charge is -2.32. The van der Waals surface area contributed by atoms with E-state index in [-0.39, 0.29) is 5.56 Å². The number of aromatic nitrogens is 7. The van der Waals surface area contributed by atoms with Gasteiger partial charge in [-0.25, -0.2) is 24.3 Å². The second-order valence-electron chi connectivity index (χ2n) is 7.57. The minimum Gasteiger partial charge on any atom is -0.341 e. The highest BCUT2D eigenvalue weighted by Crippen LogP contribution is 2.39. The summed E-state index contributed by atoms with van der Waals surface area (Å²) in [5.41, 5.74) is 1.17. The molecule has 1 saturated heterocycles. The van der Waals surface area contributed by atoms with Gasteiger partial charge in [-0.2, -0.15) is 5.10 Å². The lowest BCUT2D eigenvalue weighted by atomic mass is 9.97. The molecule has 3 aromatic rings. The van der Waals surface area contributed by atoms with Crippen molar-refractivity contribution in [1.82, 2.24) is 34.5 Å². The monoisotopic (exact) mass is 378 g/mol. The van der Waals surface area contributed by atoms with E-state index in [0.717, 1.165) is 31.9 Å². The van der Waals surface area contributed by atoms with E-state index in [1.807, 2.05) is 12.4 Å². The molecule has 0 N–H and O–H groups in total. The summed E-state index contributed by atoms with van der Waals surface area (Å²) < 4.78 is 3.10. The molecule has 5 rings (SSSR count). The van der Waals surface area contributed by atoms with Crippen molar-refractivity contribution >= 4 is 5.95 Å². The largest absolute Gasteiger partial charge is 0.341 e. The maximum Gasteiger partial charge on any atom is 0.266 e. The highest BCUT2D eigenvalue weighted by molar-refractivity contribution is 5.32. The average Bonchev–Trinajstić information content (AvgIpc) is 3.44. The molecular weight excluding hydrogens is 356 g/mol. The third kappa shape index (κ3) is 3.51. The van der Waals surface area contributed by atoms with Gasteiger partial charge in [0.1, 0.15) is 12.7 Å². The van der Waals surface area contributed by atoms with E-state index in [0.29, 0.717) is 24.2 Å². The molecule has 144 valence electrons. The Labute approximate surface area is 162 Å². The van der Waals surface area contributed by atoms with Gasteiger partial charge in [-0.05, 0) is 49.1 Å². The topological polar surface area (TPSA) is 94.6 Å². The second-order valence-corrected chi connectivity index (χ2v) is 7.57. The Morgan fingerprint density at radius 3 is 2.50 bits per heavy atom. The van der Waals surface area contributed by atoms with E-state index in [4.69, 9.17) is 0 Å². The smallest absolute Gasteiger partial charge is 0.266 e. The summed E-state index contributed by atoms with van der Waals surface area (Å²) in [6, 6.07) is 3.20. The first-order valence-corrected chi connectivity index (χ1v) is 9.76. The Morgan fingerprint density at radius 1 is 1.04 bits per heavy atom. The Hall–Kier alpha value is -3.10. The van der Waals surface area contributed by atoms with Gasteiger partial charge < -0.3 is 4.90 Å². The summed E-state index contributed by atoms with van der Waals surface area (Å²) in [6.07, 6.45) is 11.5. The van der Waals surface area contributed by atoms with E-state index in [1.54, 1.807) is 17.1 Å². The van der Waals surface area contributed by atoms with Crippen LogP contribution in [0.3, 0.4) is 0 Å². The van der Waals surface area contributed by atoms with Crippen LogP contribution in [0.1, 0.15) is 37.2 Å². The van der Waals surface area contributed by atoms with Crippen LogP contribution in [0, 0.1) is 5.92 Å². The van der Waals surface area contributed by atoms with Gasteiger partial charge in [0.05, 0.1) is 0 Å². The quantitative estimate of drug-likeness (QED) is 0.662. The van der Waals surface area contributed by atoms with Crippen LogP contribution in [0.15, 0.2) is 42.0 Å². The summed E-state index contributed by atoms with van der Waals surface area (Å²) >= 11 is 0. The van der Waals surface area contributed by atoms with Crippen LogP contribution in [-0.4, -0.2) is 47.6 Å². The van der Waals surface area contributed by atoms with Gasteiger partial charge >= 0.3 is 0 Å². The van der Waals surface area contributed by atoms with Gasteiger partial charge in [0.25, 0.3) is 5.56 Å². The number of piperidine rings is 1. The third-order valence-corrected chi connectivity index (χ3v) is 5.54. The van der Waals surface area contributed by atoms with Crippen molar-refractivity contribution in [3.8, 4) is 5.82 Å². The van der Waals surface area contributed by atoms with Crippen molar-refractivity contribution in [3.63, 3.8) is 0 Å². The van der Waals surface area contributed by atoms with Gasteiger partial charge in [0, 0.05) is 38.1 Å². The molecule has 28 heavy (non-hydrogen) atoms. The molecule has 2 fully saturated rings. The molecule has 9 nitrogen and oxygen atoms in total. The molecule has 1 saturated carbocycles. The van der Waals surface area contributed by atoms with Crippen LogP contribution in [0.4, 0.5) is 5.95 Å².